The summed E-state index contributed by atoms with van der Waals surface area (Å²) in [6.45, 7) is 7.67. The average molecular weight is 586 g/mol. The maximum absolute atomic E-state index is 14.1. The third kappa shape index (κ3) is 11.2. The minimum Gasteiger partial charge on any atom is -0.334 e. The zero-order valence-electron chi connectivity index (χ0n) is 24.8. The third-order valence-corrected chi connectivity index (χ3v) is 7.24. The maximum atomic E-state index is 14.1. The molecule has 9 nitrogen and oxygen atoms in total. The number of rotatable bonds is 17. The molecule has 0 saturated carbocycles. The van der Waals surface area contributed by atoms with Crippen LogP contribution >= 0.6 is 8.46 Å². The van der Waals surface area contributed by atoms with E-state index >= 15 is 0 Å². The van der Waals surface area contributed by atoms with Crippen molar-refractivity contribution in [3.05, 3.63) is 66.2 Å². The van der Waals surface area contributed by atoms with Crippen molar-refractivity contribution < 1.29 is 24.2 Å². The Morgan fingerprint density at radius 1 is 0.927 bits per heavy atom. The molecule has 10 heteroatoms. The molecule has 3 N–H and O–H groups in total. The second-order valence-corrected chi connectivity index (χ2v) is 11.7. The van der Waals surface area contributed by atoms with E-state index in [0.29, 0.717) is 42.9 Å². The lowest BCUT2D eigenvalue weighted by molar-refractivity contribution is -0.146. The smallest absolute Gasteiger partial charge is 0.334 e. The highest BCUT2D eigenvalue weighted by Crippen LogP contribution is 2.34. The standard InChI is InChI=1S/C31H45N4O5P/c1-24(2)22-31(29(37)33-27-17-9-6-10-18-27,20-11-12-21-35(39)30(38)32-25(3)4)34(23-41-40)28(36)19-13-16-26-14-7-5-8-15-26/h5-10,14-15,17-18,24-25,39H,11-13,16,19-23H2,1-4H3,(H,32,38)(H,33,37)/p+1/t31-/m0/s1. The van der Waals surface area contributed by atoms with Crippen LogP contribution in [0.2, 0.25) is 0 Å². The Morgan fingerprint density at radius 2 is 1.56 bits per heavy atom. The molecule has 0 aliphatic heterocycles. The highest BCUT2D eigenvalue weighted by atomic mass is 31.1. The number of anilines is 1. The monoisotopic (exact) mass is 585 g/mol. The summed E-state index contributed by atoms with van der Waals surface area (Å²) >= 11 is 0. The topological polar surface area (TPSA) is 119 Å². The Bertz CT molecular complexity index is 1100. The molecule has 2 aromatic rings. The van der Waals surface area contributed by atoms with Gasteiger partial charge in [0, 0.05) is 18.2 Å². The van der Waals surface area contributed by atoms with Gasteiger partial charge in [-0.25, -0.2) is 9.86 Å². The summed E-state index contributed by atoms with van der Waals surface area (Å²) in [6.07, 6.45) is 3.02. The number of amides is 4. The normalized spacial score (nSPS) is 12.7. The van der Waals surface area contributed by atoms with Gasteiger partial charge in [0.25, 0.3) is 5.91 Å². The molecule has 0 spiro atoms. The number of benzene rings is 2. The van der Waals surface area contributed by atoms with Gasteiger partial charge in [-0.2, -0.15) is 0 Å². The Kier molecular flexibility index (Phi) is 14.5. The number of hydroxylamine groups is 2. The van der Waals surface area contributed by atoms with Crippen LogP contribution in [0.3, 0.4) is 0 Å². The van der Waals surface area contributed by atoms with Crippen LogP contribution in [-0.4, -0.2) is 57.4 Å². The van der Waals surface area contributed by atoms with E-state index in [-0.39, 0.29) is 43.0 Å². The first-order valence-corrected chi connectivity index (χ1v) is 15.5. The van der Waals surface area contributed by atoms with E-state index in [1.165, 1.54) is 4.90 Å². The van der Waals surface area contributed by atoms with Gasteiger partial charge in [0.2, 0.25) is 12.2 Å². The Balaban J connectivity index is 2.30. The third-order valence-electron chi connectivity index (χ3n) is 6.80. The van der Waals surface area contributed by atoms with Crippen molar-refractivity contribution in [2.75, 3.05) is 18.1 Å². The minimum atomic E-state index is -1.26. The maximum Gasteiger partial charge on any atom is 0.346 e. The quantitative estimate of drug-likeness (QED) is 0.0881. The van der Waals surface area contributed by atoms with Crippen molar-refractivity contribution in [3.63, 3.8) is 0 Å². The first-order valence-electron chi connectivity index (χ1n) is 14.4. The fraction of sp³-hybridized carbons (Fsp3) is 0.516. The zero-order chi connectivity index (χ0) is 30.3. The molecule has 0 radical (unpaired) electrons. The van der Waals surface area contributed by atoms with Gasteiger partial charge in [-0.15, -0.1) is 0 Å². The van der Waals surface area contributed by atoms with Crippen molar-refractivity contribution in [3.8, 4) is 0 Å². The van der Waals surface area contributed by atoms with Gasteiger partial charge in [-0.05, 0) is 76.0 Å². The molecule has 224 valence electrons. The van der Waals surface area contributed by atoms with Crippen LogP contribution in [0.1, 0.15) is 71.8 Å². The van der Waals surface area contributed by atoms with Crippen molar-refractivity contribution in [2.45, 2.75) is 84.2 Å². The molecular formula is C31H46N4O5P+. The molecule has 0 heterocycles. The lowest BCUT2D eigenvalue weighted by Gasteiger charge is -2.42. The number of unbranched alkanes of at least 4 members (excludes halogenated alkanes) is 1. The fourth-order valence-electron chi connectivity index (χ4n) is 4.99. The van der Waals surface area contributed by atoms with Crippen LogP contribution in [0.4, 0.5) is 10.5 Å². The summed E-state index contributed by atoms with van der Waals surface area (Å²) in [7, 11) is -0.791. The van der Waals surface area contributed by atoms with E-state index in [2.05, 4.69) is 10.6 Å². The summed E-state index contributed by atoms with van der Waals surface area (Å²) in [6, 6.07) is 18.3. The van der Waals surface area contributed by atoms with Crippen LogP contribution in [0.25, 0.3) is 0 Å². The number of carbonyl (C=O) groups excluding carboxylic acids is 3. The lowest BCUT2D eigenvalue weighted by Crippen LogP contribution is -2.59. The number of carbonyl (C=O) groups is 3. The second-order valence-electron chi connectivity index (χ2n) is 11.1. The summed E-state index contributed by atoms with van der Waals surface area (Å²) in [5.74, 6) is -0.490. The summed E-state index contributed by atoms with van der Waals surface area (Å²) in [5, 5.41) is 16.4. The van der Waals surface area contributed by atoms with Gasteiger partial charge in [0.15, 0.2) is 0 Å². The molecular weight excluding hydrogens is 539 g/mol. The predicted octanol–water partition coefficient (Wildman–Crippen LogP) is 6.22. The van der Waals surface area contributed by atoms with Crippen LogP contribution in [0.15, 0.2) is 60.7 Å². The molecule has 2 rings (SSSR count). The molecule has 4 amide bonds. The molecule has 2 aromatic carbocycles. The number of hydrogen-bond donors (Lipinski definition) is 3. The van der Waals surface area contributed by atoms with Crippen molar-refractivity contribution in [1.82, 2.24) is 15.3 Å². The van der Waals surface area contributed by atoms with Gasteiger partial charge in [-0.3, -0.25) is 19.7 Å². The van der Waals surface area contributed by atoms with E-state index < -0.39 is 20.0 Å². The summed E-state index contributed by atoms with van der Waals surface area (Å²) in [5.41, 5.74) is 0.479. The van der Waals surface area contributed by atoms with E-state index in [9.17, 15) is 24.2 Å². The number of urea groups is 1. The van der Waals surface area contributed by atoms with Crippen LogP contribution < -0.4 is 10.6 Å². The summed E-state index contributed by atoms with van der Waals surface area (Å²) in [4.78, 5) is 41.5. The first kappa shape index (κ1) is 33.9. The predicted molar refractivity (Wildman–Crippen MR) is 163 cm³/mol. The molecule has 41 heavy (non-hydrogen) atoms. The molecule has 2 atom stereocenters. The Morgan fingerprint density at radius 3 is 2.15 bits per heavy atom. The molecule has 0 aliphatic carbocycles. The van der Waals surface area contributed by atoms with Crippen LogP contribution in [-0.2, 0) is 20.6 Å². The zero-order valence-corrected chi connectivity index (χ0v) is 25.8. The van der Waals surface area contributed by atoms with Crippen molar-refractivity contribution in [1.29, 1.82) is 0 Å². The van der Waals surface area contributed by atoms with Crippen molar-refractivity contribution >= 4 is 32.0 Å². The highest BCUT2D eigenvalue weighted by molar-refractivity contribution is 7.23. The van der Waals surface area contributed by atoms with Crippen LogP contribution in [0, 0.1) is 5.92 Å². The van der Waals surface area contributed by atoms with E-state index in [4.69, 9.17) is 0 Å². The Labute approximate surface area is 245 Å². The van der Waals surface area contributed by atoms with Gasteiger partial charge >= 0.3 is 14.5 Å². The number of nitrogens with one attached hydrogen (secondary N) is 2. The number of para-hydroxylation sites is 1. The van der Waals surface area contributed by atoms with E-state index in [1.807, 2.05) is 62.4 Å². The lowest BCUT2D eigenvalue weighted by atomic mass is 9.81. The first-order chi connectivity index (χ1) is 19.6. The number of nitrogens with zero attached hydrogens (tertiary/aromatic N) is 2. The second kappa shape index (κ2) is 17.5. The van der Waals surface area contributed by atoms with Gasteiger partial charge < -0.3 is 10.6 Å². The van der Waals surface area contributed by atoms with Gasteiger partial charge in [0.1, 0.15) is 5.54 Å². The molecule has 0 aliphatic rings. The minimum absolute atomic E-state index is 0.0530. The SMILES string of the molecule is CC(C)C[C@@](CCCCN(O)C(=O)NC(C)C)(C(=O)Nc1ccccc1)N(C[PH+]=O)C(=O)CCCc1ccccc1. The van der Waals surface area contributed by atoms with Crippen molar-refractivity contribution in [2.24, 2.45) is 5.92 Å². The van der Waals surface area contributed by atoms with E-state index in [0.717, 1.165) is 12.0 Å². The van der Waals surface area contributed by atoms with E-state index in [1.54, 1.807) is 26.0 Å². The van der Waals surface area contributed by atoms with Gasteiger partial charge in [0.05, 0.1) is 6.54 Å². The Hall–Kier alpha value is -3.29. The summed E-state index contributed by atoms with van der Waals surface area (Å²) < 4.78 is 12.1. The molecule has 0 fully saturated rings. The van der Waals surface area contributed by atoms with Gasteiger partial charge in [-0.1, -0.05) is 66.9 Å². The largest absolute Gasteiger partial charge is 0.346 e. The fourth-order valence-corrected chi connectivity index (χ4v) is 5.60. The number of aryl methyl sites for hydroxylation is 1. The average Bonchev–Trinajstić information content (AvgIpc) is 2.93. The highest BCUT2D eigenvalue weighted by Gasteiger charge is 2.47. The molecule has 0 aromatic heterocycles. The molecule has 0 saturated heterocycles. The van der Waals surface area contributed by atoms with Crippen LogP contribution in [0.5, 0.6) is 0 Å². The molecule has 1 unspecified atom stereocenters. The molecule has 0 bridgehead atoms. The number of hydrogen-bond acceptors (Lipinski definition) is 5.